The van der Waals surface area contributed by atoms with Crippen molar-refractivity contribution in [3.8, 4) is 0 Å². The molecule has 0 spiro atoms. The molecule has 0 radical (unpaired) electrons. The number of halogens is 3. The van der Waals surface area contributed by atoms with Gasteiger partial charge in [-0.25, -0.2) is 0 Å². The van der Waals surface area contributed by atoms with E-state index in [1.807, 2.05) is 0 Å². The largest absolute Gasteiger partial charge is 3.00 e. The van der Waals surface area contributed by atoms with Crippen LogP contribution in [0, 0.1) is 0 Å². The van der Waals surface area contributed by atoms with Crippen LogP contribution in [0.15, 0.2) is 273 Å². The minimum atomic E-state index is -0.446. The second kappa shape index (κ2) is 27.5. The molecule has 0 aliphatic heterocycles. The van der Waals surface area contributed by atoms with Crippen molar-refractivity contribution in [3.63, 3.8) is 0 Å². The zero-order valence-electron chi connectivity index (χ0n) is 33.3. The standard InChI is InChI=1S/3C18H15P.3FH.Rh/c3*1-4-10-16(11-5-1)19(17-12-6-2-7-13-17)18-14-8-3-9-15-18;;;;/h3*1-15H;3*1H;/q;;;;;;+3/p-3. The first-order chi connectivity index (χ1) is 28.3. The third-order valence-electron chi connectivity index (χ3n) is 9.13. The predicted molar refractivity (Wildman–Crippen MR) is 255 cm³/mol. The average Bonchev–Trinajstić information content (AvgIpc) is 3.30. The molecule has 0 amide bonds. The van der Waals surface area contributed by atoms with Crippen LogP contribution in [0.1, 0.15) is 0 Å². The molecule has 0 saturated heterocycles. The van der Waals surface area contributed by atoms with Crippen molar-refractivity contribution in [3.05, 3.63) is 273 Å². The molecule has 9 aromatic carbocycles. The summed E-state index contributed by atoms with van der Waals surface area (Å²) in [6, 6.07) is 97.0. The van der Waals surface area contributed by atoms with Gasteiger partial charge in [-0.2, -0.15) is 0 Å². The van der Waals surface area contributed by atoms with Crippen LogP contribution in [0.3, 0.4) is 0 Å². The smallest absolute Gasteiger partial charge is 1.00 e. The summed E-state index contributed by atoms with van der Waals surface area (Å²) in [5, 5.41) is 12.6. The summed E-state index contributed by atoms with van der Waals surface area (Å²) in [5.74, 6) is 0. The van der Waals surface area contributed by atoms with Gasteiger partial charge in [-0.1, -0.05) is 273 Å². The summed E-state index contributed by atoms with van der Waals surface area (Å²) >= 11 is 0. The molecule has 0 aliphatic rings. The molecule has 0 heterocycles. The Morgan fingerprint density at radius 2 is 0.230 bits per heavy atom. The third-order valence-corrected chi connectivity index (χ3v) is 16.5. The molecule has 306 valence electrons. The quantitative estimate of drug-likeness (QED) is 0.152. The van der Waals surface area contributed by atoms with E-state index < -0.39 is 23.8 Å². The molecule has 0 nitrogen and oxygen atoms in total. The predicted octanol–water partition coefficient (Wildman–Crippen LogP) is 1.34. The molecule has 0 aromatic heterocycles. The van der Waals surface area contributed by atoms with Crippen LogP contribution in [0.25, 0.3) is 0 Å². The summed E-state index contributed by atoms with van der Waals surface area (Å²) in [7, 11) is -1.34. The third kappa shape index (κ3) is 14.4. The topological polar surface area (TPSA) is 0 Å². The van der Waals surface area contributed by atoms with E-state index in [-0.39, 0.29) is 33.6 Å². The minimum Gasteiger partial charge on any atom is -1.00 e. The van der Waals surface area contributed by atoms with Crippen LogP contribution in [0.2, 0.25) is 0 Å². The van der Waals surface area contributed by atoms with E-state index in [0.717, 1.165) is 0 Å². The Balaban J connectivity index is 0.000000236. The van der Waals surface area contributed by atoms with Crippen LogP contribution < -0.4 is 61.9 Å². The molecule has 9 rings (SSSR count). The number of rotatable bonds is 9. The van der Waals surface area contributed by atoms with Gasteiger partial charge in [-0.05, 0) is 71.5 Å². The van der Waals surface area contributed by atoms with E-state index in [1.54, 1.807) is 0 Å². The molecular weight excluding hydrogens is 901 g/mol. The first kappa shape index (κ1) is 50.0. The monoisotopic (exact) mass is 946 g/mol. The first-order valence-electron chi connectivity index (χ1n) is 19.2. The van der Waals surface area contributed by atoms with E-state index >= 15 is 0 Å². The SMILES string of the molecule is [F-].[F-].[F-].[Rh+3].c1ccc(P(c2ccccc2)c2ccccc2)cc1.c1ccc(P(c2ccccc2)c2ccccc2)cc1.c1ccc(P(c2ccccc2)c2ccccc2)cc1. The fraction of sp³-hybridized carbons (Fsp3) is 0. The van der Waals surface area contributed by atoms with Gasteiger partial charge in [0.25, 0.3) is 0 Å². The van der Waals surface area contributed by atoms with Crippen LogP contribution in [-0.2, 0) is 19.5 Å². The second-order valence-electron chi connectivity index (χ2n) is 13.0. The molecule has 0 N–H and O–H groups in total. The van der Waals surface area contributed by atoms with Crippen LogP contribution in [0.5, 0.6) is 0 Å². The number of benzene rings is 9. The maximum Gasteiger partial charge on any atom is 3.00 e. The second-order valence-corrected chi connectivity index (χ2v) is 19.7. The van der Waals surface area contributed by atoms with Gasteiger partial charge in [0.15, 0.2) is 0 Å². The van der Waals surface area contributed by atoms with E-state index in [9.17, 15) is 0 Å². The maximum atomic E-state index is 2.23. The fourth-order valence-corrected chi connectivity index (χ4v) is 13.5. The molecule has 0 bridgehead atoms. The van der Waals surface area contributed by atoms with Gasteiger partial charge < -0.3 is 14.1 Å². The Morgan fingerprint density at radius 3 is 0.311 bits per heavy atom. The Kier molecular flexibility index (Phi) is 22.6. The molecule has 61 heavy (non-hydrogen) atoms. The summed E-state index contributed by atoms with van der Waals surface area (Å²) < 4.78 is 0. The molecule has 0 unspecified atom stereocenters. The Labute approximate surface area is 375 Å². The summed E-state index contributed by atoms with van der Waals surface area (Å²) in [6.07, 6.45) is 0. The van der Waals surface area contributed by atoms with Crippen molar-refractivity contribution in [2.24, 2.45) is 0 Å². The van der Waals surface area contributed by atoms with Crippen molar-refractivity contribution < 1.29 is 33.6 Å². The van der Waals surface area contributed by atoms with Gasteiger partial charge in [0.1, 0.15) is 0 Å². The van der Waals surface area contributed by atoms with Crippen molar-refractivity contribution in [2.45, 2.75) is 0 Å². The van der Waals surface area contributed by atoms with Gasteiger partial charge in [0, 0.05) is 0 Å². The zero-order chi connectivity index (χ0) is 38.7. The Bertz CT molecular complexity index is 1880. The maximum absolute atomic E-state index is 2.23. The average molecular weight is 947 g/mol. The van der Waals surface area contributed by atoms with Gasteiger partial charge in [-0.3, -0.25) is 0 Å². The molecular formula is C54H45F3P3Rh. The molecule has 0 atom stereocenters. The molecule has 7 heteroatoms. The summed E-state index contributed by atoms with van der Waals surface area (Å²) in [4.78, 5) is 0. The van der Waals surface area contributed by atoms with E-state index in [2.05, 4.69) is 273 Å². The van der Waals surface area contributed by atoms with Crippen LogP contribution in [-0.4, -0.2) is 0 Å². The fourth-order valence-electron chi connectivity index (χ4n) is 6.54. The molecule has 0 saturated carbocycles. The van der Waals surface area contributed by atoms with E-state index in [1.165, 1.54) is 47.7 Å². The van der Waals surface area contributed by atoms with Crippen LogP contribution >= 0.6 is 23.8 Å². The van der Waals surface area contributed by atoms with Gasteiger partial charge in [0.2, 0.25) is 0 Å². The van der Waals surface area contributed by atoms with E-state index in [0.29, 0.717) is 0 Å². The number of hydrogen-bond acceptors (Lipinski definition) is 0. The molecule has 0 aliphatic carbocycles. The molecule has 9 aromatic rings. The van der Waals surface area contributed by atoms with Crippen molar-refractivity contribution >= 4 is 71.5 Å². The van der Waals surface area contributed by atoms with Crippen molar-refractivity contribution in [2.75, 3.05) is 0 Å². The van der Waals surface area contributed by atoms with Crippen LogP contribution in [0.4, 0.5) is 0 Å². The van der Waals surface area contributed by atoms with Crippen molar-refractivity contribution in [1.82, 2.24) is 0 Å². The van der Waals surface area contributed by atoms with Gasteiger partial charge >= 0.3 is 19.5 Å². The van der Waals surface area contributed by atoms with E-state index in [4.69, 9.17) is 0 Å². The minimum absolute atomic E-state index is 0. The summed E-state index contributed by atoms with van der Waals surface area (Å²) in [5.41, 5.74) is 0. The summed E-state index contributed by atoms with van der Waals surface area (Å²) in [6.45, 7) is 0. The van der Waals surface area contributed by atoms with Crippen molar-refractivity contribution in [1.29, 1.82) is 0 Å². The van der Waals surface area contributed by atoms with Gasteiger partial charge in [0.05, 0.1) is 0 Å². The van der Waals surface area contributed by atoms with Gasteiger partial charge in [-0.15, -0.1) is 0 Å². The molecule has 0 fully saturated rings. The Morgan fingerprint density at radius 1 is 0.148 bits per heavy atom. The Hall–Kier alpha value is -5.32. The zero-order valence-corrected chi connectivity index (χ0v) is 37.6. The normalized spacial score (nSPS) is 9.89. The number of hydrogen-bond donors (Lipinski definition) is 0. The first-order valence-corrected chi connectivity index (χ1v) is 23.2.